The summed E-state index contributed by atoms with van der Waals surface area (Å²) in [6, 6.07) is 6.37. The van der Waals surface area contributed by atoms with Crippen LogP contribution in [0.4, 0.5) is 29.1 Å². The van der Waals surface area contributed by atoms with Crippen LogP contribution in [0.3, 0.4) is 0 Å². The predicted molar refractivity (Wildman–Crippen MR) is 133 cm³/mol. The first kappa shape index (κ1) is 23.5. The lowest BCUT2D eigenvalue weighted by atomic mass is 9.92. The van der Waals surface area contributed by atoms with E-state index in [0.29, 0.717) is 11.8 Å². The lowest BCUT2D eigenvalue weighted by Crippen LogP contribution is -2.27. The van der Waals surface area contributed by atoms with Crippen LogP contribution in [0.5, 0.6) is 0 Å². The van der Waals surface area contributed by atoms with Gasteiger partial charge in [0, 0.05) is 41.0 Å². The minimum atomic E-state index is -2.38. The first-order valence-corrected chi connectivity index (χ1v) is 13.2. The molecule has 1 aliphatic rings. The fourth-order valence-corrected chi connectivity index (χ4v) is 4.41. The third kappa shape index (κ3) is 5.65. The number of nitrogens with one attached hydrogen (secondary N) is 2. The summed E-state index contributed by atoms with van der Waals surface area (Å²) in [5.41, 5.74) is 5.22. The summed E-state index contributed by atoms with van der Waals surface area (Å²) in [6.45, 7) is 4.13. The van der Waals surface area contributed by atoms with Crippen LogP contribution in [0.1, 0.15) is 29.2 Å². The summed E-state index contributed by atoms with van der Waals surface area (Å²) in [5.74, 6) is 1.20. The van der Waals surface area contributed by atoms with E-state index in [-0.39, 0.29) is 17.2 Å². The van der Waals surface area contributed by atoms with Gasteiger partial charge in [0.2, 0.25) is 5.95 Å². The number of fused-ring (bicyclic) bond motifs is 1. The Labute approximate surface area is 199 Å². The number of hydrogen-bond donors (Lipinski definition) is 2. The second kappa shape index (κ2) is 9.70. The zero-order valence-corrected chi connectivity index (χ0v) is 20.5. The molecule has 0 atom stereocenters. The number of benzene rings is 1. The van der Waals surface area contributed by atoms with Gasteiger partial charge in [0.05, 0.1) is 18.6 Å². The Morgan fingerprint density at radius 1 is 1.21 bits per heavy atom. The van der Waals surface area contributed by atoms with Gasteiger partial charge in [-0.2, -0.15) is 14.6 Å². The van der Waals surface area contributed by atoms with Gasteiger partial charge >= 0.3 is 0 Å². The molecule has 11 heteroatoms. The quantitative estimate of drug-likeness (QED) is 0.547. The zero-order chi connectivity index (χ0) is 24.3. The van der Waals surface area contributed by atoms with E-state index in [0.717, 1.165) is 31.6 Å². The Bertz CT molecular complexity index is 1380. The predicted octanol–water partition coefficient (Wildman–Crippen LogP) is 3.53. The molecule has 3 aromatic rings. The van der Waals surface area contributed by atoms with E-state index in [4.69, 9.17) is 0 Å². The van der Waals surface area contributed by atoms with E-state index < -0.39 is 9.73 Å². The highest BCUT2D eigenvalue weighted by Crippen LogP contribution is 2.28. The van der Waals surface area contributed by atoms with Crippen molar-refractivity contribution in [2.75, 3.05) is 36.7 Å². The summed E-state index contributed by atoms with van der Waals surface area (Å²) in [6.07, 6.45) is 9.40. The van der Waals surface area contributed by atoms with Gasteiger partial charge in [0.25, 0.3) is 0 Å². The van der Waals surface area contributed by atoms with Crippen LogP contribution in [-0.2, 0) is 29.1 Å². The molecule has 1 aliphatic heterocycles. The van der Waals surface area contributed by atoms with Crippen LogP contribution in [0.2, 0.25) is 0 Å². The van der Waals surface area contributed by atoms with Crippen molar-refractivity contribution in [1.29, 1.82) is 5.26 Å². The molecule has 0 unspecified atom stereocenters. The molecular formula is C23H27N9OS. The monoisotopic (exact) mass is 477 g/mol. The van der Waals surface area contributed by atoms with E-state index in [2.05, 4.69) is 72.0 Å². The van der Waals surface area contributed by atoms with E-state index in [1.54, 1.807) is 0 Å². The molecular weight excluding hydrogens is 450 g/mol. The minimum absolute atomic E-state index is 0.233. The molecule has 1 aromatic carbocycles. The van der Waals surface area contributed by atoms with E-state index >= 15 is 0 Å². The van der Waals surface area contributed by atoms with Crippen molar-refractivity contribution in [2.24, 2.45) is 4.36 Å². The van der Waals surface area contributed by atoms with Gasteiger partial charge in [-0.1, -0.05) is 6.92 Å². The summed E-state index contributed by atoms with van der Waals surface area (Å²) in [5, 5.41) is 15.8. The summed E-state index contributed by atoms with van der Waals surface area (Å²) < 4.78 is 16.0. The maximum absolute atomic E-state index is 12.0. The number of likely N-dealkylation sites (N-methyl/N-ethyl adjacent to an activating group) is 1. The molecule has 0 fully saturated rings. The molecule has 34 heavy (non-hydrogen) atoms. The number of aryl methyl sites for hydroxylation is 1. The van der Waals surface area contributed by atoms with Gasteiger partial charge in [-0.3, -0.25) is 4.98 Å². The van der Waals surface area contributed by atoms with E-state index in [9.17, 15) is 9.47 Å². The van der Waals surface area contributed by atoms with Crippen molar-refractivity contribution in [3.05, 3.63) is 53.0 Å². The van der Waals surface area contributed by atoms with Gasteiger partial charge in [-0.15, -0.1) is 0 Å². The zero-order valence-electron chi connectivity index (χ0n) is 19.7. The Hall–Kier alpha value is -3.62. The van der Waals surface area contributed by atoms with E-state index in [1.807, 2.05) is 0 Å². The van der Waals surface area contributed by atoms with Crippen molar-refractivity contribution in [3.63, 3.8) is 0 Å². The fraction of sp³-hybridized carbons (Fsp3) is 0.348. The van der Waals surface area contributed by atoms with Crippen LogP contribution in [0, 0.1) is 11.3 Å². The van der Waals surface area contributed by atoms with Crippen molar-refractivity contribution in [3.8, 4) is 6.07 Å². The van der Waals surface area contributed by atoms with Crippen LogP contribution in [-0.4, -0.2) is 55.1 Å². The molecule has 0 saturated heterocycles. The van der Waals surface area contributed by atoms with Gasteiger partial charge < -0.3 is 15.5 Å². The van der Waals surface area contributed by atoms with Crippen molar-refractivity contribution in [2.45, 2.75) is 26.3 Å². The fourth-order valence-electron chi connectivity index (χ4n) is 3.87. The average Bonchev–Trinajstić information content (AvgIpc) is 2.77. The van der Waals surface area contributed by atoms with Crippen LogP contribution >= 0.6 is 0 Å². The molecule has 2 aromatic heterocycles. The molecule has 2 N–H and O–H groups in total. The third-order valence-corrected chi connectivity index (χ3v) is 5.97. The number of anilines is 4. The van der Waals surface area contributed by atoms with Crippen molar-refractivity contribution >= 4 is 38.8 Å². The standard InChI is InChI=1S/C23H27N9OS/c1-5-15-8-18(9-16-14-32(2)7-6-19(15)16)27-23-26-11-17(10-24)22(30-23)29-20-12-25-13-21(28-20)31-34(3,4)33/h8-9,11-13H,5-7,14H2,1-4H3,(H2,26,27,28,29,30). The molecule has 3 heterocycles. The highest BCUT2D eigenvalue weighted by Gasteiger charge is 2.18. The molecule has 0 amide bonds. The molecule has 0 saturated carbocycles. The molecule has 4 rings (SSSR count). The first-order chi connectivity index (χ1) is 16.2. The highest BCUT2D eigenvalue weighted by molar-refractivity contribution is 7.92. The minimum Gasteiger partial charge on any atom is -0.324 e. The maximum atomic E-state index is 12.0. The molecule has 0 spiro atoms. The second-order valence-electron chi connectivity index (χ2n) is 8.47. The number of nitriles is 1. The number of rotatable bonds is 6. The van der Waals surface area contributed by atoms with Crippen LogP contribution < -0.4 is 10.6 Å². The van der Waals surface area contributed by atoms with Gasteiger partial charge in [0.1, 0.15) is 11.6 Å². The Kier molecular flexibility index (Phi) is 6.72. The average molecular weight is 478 g/mol. The normalized spacial score (nSPS) is 13.6. The number of aromatic nitrogens is 4. The van der Waals surface area contributed by atoms with E-state index in [1.165, 1.54) is 47.8 Å². The lowest BCUT2D eigenvalue weighted by Gasteiger charge is -2.27. The Morgan fingerprint density at radius 3 is 2.76 bits per heavy atom. The SMILES string of the molecule is CCc1cc(Nc2ncc(C#N)c(Nc3cncc(N=S(C)(C)=O)n3)n2)cc2c1CCN(C)C2. The lowest BCUT2D eigenvalue weighted by molar-refractivity contribution is 0.312. The summed E-state index contributed by atoms with van der Waals surface area (Å²) in [4.78, 5) is 19.5. The number of nitrogens with zero attached hydrogens (tertiary/aromatic N) is 7. The molecule has 0 radical (unpaired) electrons. The molecule has 0 bridgehead atoms. The maximum Gasteiger partial charge on any atom is 0.229 e. The largest absolute Gasteiger partial charge is 0.324 e. The second-order valence-corrected chi connectivity index (χ2v) is 11.0. The molecule has 0 aliphatic carbocycles. The van der Waals surface area contributed by atoms with Crippen molar-refractivity contribution < 1.29 is 4.21 Å². The smallest absolute Gasteiger partial charge is 0.229 e. The topological polar surface area (TPSA) is 132 Å². The van der Waals surface area contributed by atoms with Gasteiger partial charge in [-0.05, 0) is 48.7 Å². The van der Waals surface area contributed by atoms with Gasteiger partial charge in [-0.25, -0.2) is 14.2 Å². The first-order valence-electron chi connectivity index (χ1n) is 10.9. The third-order valence-electron chi connectivity index (χ3n) is 5.35. The summed E-state index contributed by atoms with van der Waals surface area (Å²) >= 11 is 0. The summed E-state index contributed by atoms with van der Waals surface area (Å²) in [7, 11) is -0.257. The van der Waals surface area contributed by atoms with Crippen molar-refractivity contribution in [1.82, 2.24) is 24.8 Å². The van der Waals surface area contributed by atoms with Gasteiger partial charge in [0.15, 0.2) is 17.5 Å². The Morgan fingerprint density at radius 2 is 2.03 bits per heavy atom. The number of hydrogen-bond acceptors (Lipinski definition) is 10. The van der Waals surface area contributed by atoms with Crippen LogP contribution in [0.25, 0.3) is 0 Å². The highest BCUT2D eigenvalue weighted by atomic mass is 32.2. The molecule has 10 nitrogen and oxygen atoms in total. The molecule has 176 valence electrons. The van der Waals surface area contributed by atoms with Crippen LogP contribution in [0.15, 0.2) is 35.1 Å². The Balaban J connectivity index is 1.63.